The van der Waals surface area contributed by atoms with Crippen molar-refractivity contribution in [2.75, 3.05) is 22.1 Å². The number of benzene rings is 4. The van der Waals surface area contributed by atoms with Crippen molar-refractivity contribution in [2.24, 2.45) is 0 Å². The number of carboxylic acids is 2. The van der Waals surface area contributed by atoms with Gasteiger partial charge in [0.25, 0.3) is 56.9 Å². The van der Waals surface area contributed by atoms with Crippen LogP contribution in [0.25, 0.3) is 11.6 Å². The van der Waals surface area contributed by atoms with Gasteiger partial charge in [0.05, 0.1) is 23.2 Å². The van der Waals surface area contributed by atoms with E-state index in [9.17, 15) is 67.7 Å². The number of amides is 4. The van der Waals surface area contributed by atoms with Crippen LogP contribution >= 0.6 is 0 Å². The van der Waals surface area contributed by atoms with E-state index in [-0.39, 0.29) is 94.4 Å². The average molecular weight is 1220 g/mol. The van der Waals surface area contributed by atoms with E-state index in [0.717, 1.165) is 47.7 Å². The summed E-state index contributed by atoms with van der Waals surface area (Å²) in [5.41, 5.74) is 14.3. The smallest absolute Gasteiger partial charge is 0.349 e. The minimum atomic E-state index is -1.03. The highest BCUT2D eigenvalue weighted by molar-refractivity contribution is 6.00. The summed E-state index contributed by atoms with van der Waals surface area (Å²) in [6.07, 6.45) is 2.24. The number of carbonyl (C=O) groups is 6. The third-order valence-corrected chi connectivity index (χ3v) is 15.9. The van der Waals surface area contributed by atoms with Crippen LogP contribution in [-0.4, -0.2) is 84.9 Å². The number of H-pyrrole nitrogens is 2. The van der Waals surface area contributed by atoms with Gasteiger partial charge in [0, 0.05) is 26.2 Å². The number of carbonyl (C=O) groups excluding carboxylic acids is 4. The number of anilines is 4. The van der Waals surface area contributed by atoms with Crippen molar-refractivity contribution in [1.82, 2.24) is 60.4 Å². The molecule has 4 heterocycles. The molecule has 0 radical (unpaired) electrons. The Bertz CT molecular complexity index is 4960. The Morgan fingerprint density at radius 3 is 1.36 bits per heavy atom. The van der Waals surface area contributed by atoms with E-state index < -0.39 is 80.7 Å². The predicted octanol–water partition coefficient (Wildman–Crippen LogP) is 1.12. The van der Waals surface area contributed by atoms with Gasteiger partial charge in [-0.3, -0.25) is 38.4 Å². The lowest BCUT2D eigenvalue weighted by atomic mass is 9.98. The van der Waals surface area contributed by atoms with Gasteiger partial charge in [-0.1, -0.05) is 60.7 Å². The van der Waals surface area contributed by atoms with Gasteiger partial charge in [-0.05, 0) is 119 Å². The van der Waals surface area contributed by atoms with Crippen LogP contribution in [-0.2, 0) is 39.0 Å². The first-order chi connectivity index (χ1) is 43.1. The minimum Gasteiger partial charge on any atom is -0.478 e. The molecule has 30 nitrogen and oxygen atoms in total. The molecule has 0 bridgehead atoms. The standard InChI is InChI=1S/2C30H26N8O7/c1-13-16-7-8-19(18(16)6-5-17(13)28(43)44)34-26(41)20-10-21(38-29(35-20)36-37-30(38)45)27(42)33-12-15-4-2-3-14(9-15)11-32-23-22(31)24(39)25(23)40;1-13-16-7-8-19(18(16)6-5-17(13)28(43)44)34-27(42)21-10-20(35-29-36-37-30(45)38(21)29)26(41)33-12-15-4-2-3-14(9-15)11-32-23-22(31)24(39)25(23)40/h2-6,9-10,19,32H,7-8,11-12,31H2,1H3,(H,33,42)(H,34,41)(H,37,45)(H,43,44);2-6,9-10,19,32H,7-8,11-12,31H2,1H3,(H,33,41)(H,34,42)(H,37,45)(H,43,44)/t2*19-/m00/s1. The second-order valence-corrected chi connectivity index (χ2v) is 21.3. The zero-order valence-electron chi connectivity index (χ0n) is 47.5. The maximum Gasteiger partial charge on any atom is 0.349 e. The number of hydrogen-bond donors (Lipinski definition) is 12. The highest BCUT2D eigenvalue weighted by atomic mass is 16.4. The molecule has 0 saturated carbocycles. The van der Waals surface area contributed by atoms with Crippen molar-refractivity contribution in [2.45, 2.75) is 77.8 Å². The van der Waals surface area contributed by atoms with Crippen molar-refractivity contribution < 1.29 is 39.0 Å². The number of aromatic nitrogens is 8. The number of nitrogen functional groups attached to an aromatic ring is 2. The first kappa shape index (κ1) is 59.5. The summed E-state index contributed by atoms with van der Waals surface area (Å²) in [6.45, 7) is 4.07. The number of aromatic amines is 2. The fourth-order valence-corrected chi connectivity index (χ4v) is 11.2. The molecule has 30 heteroatoms. The van der Waals surface area contributed by atoms with Gasteiger partial charge in [0.15, 0.2) is 0 Å². The van der Waals surface area contributed by atoms with E-state index in [0.29, 0.717) is 42.4 Å². The molecule has 90 heavy (non-hydrogen) atoms. The van der Waals surface area contributed by atoms with Gasteiger partial charge in [0.2, 0.25) is 0 Å². The fraction of sp³-hybridized carbons (Fsp3) is 0.200. The molecule has 4 aromatic heterocycles. The Morgan fingerprint density at radius 2 is 0.922 bits per heavy atom. The second-order valence-electron chi connectivity index (χ2n) is 21.3. The van der Waals surface area contributed by atoms with Crippen LogP contribution in [0, 0.1) is 13.8 Å². The quantitative estimate of drug-likeness (QED) is 0.0536. The highest BCUT2D eigenvalue weighted by Gasteiger charge is 2.32. The van der Waals surface area contributed by atoms with E-state index in [1.165, 1.54) is 24.3 Å². The lowest BCUT2D eigenvalue weighted by molar-refractivity contribution is 0.0685. The molecular formula is C60H52N16O14. The molecule has 2 aliphatic rings. The lowest BCUT2D eigenvalue weighted by Crippen LogP contribution is -2.36. The first-order valence-corrected chi connectivity index (χ1v) is 27.7. The lowest BCUT2D eigenvalue weighted by Gasteiger charge is -2.16. The second kappa shape index (κ2) is 23.9. The number of rotatable bonds is 18. The summed E-state index contributed by atoms with van der Waals surface area (Å²) in [7, 11) is 0. The van der Waals surface area contributed by atoms with Crippen LogP contribution < -0.4 is 76.5 Å². The first-order valence-electron chi connectivity index (χ1n) is 27.7. The van der Waals surface area contributed by atoms with Gasteiger partial charge >= 0.3 is 23.3 Å². The number of nitrogens with two attached hydrogens (primary N) is 2. The Hall–Kier alpha value is -12.2. The van der Waals surface area contributed by atoms with Crippen LogP contribution in [0.2, 0.25) is 0 Å². The van der Waals surface area contributed by atoms with Gasteiger partial charge < -0.3 is 53.6 Å². The molecule has 12 rings (SSSR count). The Balaban J connectivity index is 0.000000185. The Kier molecular flexibility index (Phi) is 15.8. The summed E-state index contributed by atoms with van der Waals surface area (Å²) in [4.78, 5) is 156. The largest absolute Gasteiger partial charge is 0.478 e. The molecule has 6 aromatic carbocycles. The molecular weight excluding hydrogens is 1170 g/mol. The van der Waals surface area contributed by atoms with Crippen molar-refractivity contribution >= 4 is 69.9 Å². The number of aromatic carboxylic acids is 2. The van der Waals surface area contributed by atoms with E-state index in [1.807, 2.05) is 0 Å². The predicted molar refractivity (Wildman–Crippen MR) is 322 cm³/mol. The zero-order chi connectivity index (χ0) is 64.0. The molecule has 2 atom stereocenters. The van der Waals surface area contributed by atoms with Crippen molar-refractivity contribution in [3.05, 3.63) is 236 Å². The van der Waals surface area contributed by atoms with Crippen LogP contribution in [0.3, 0.4) is 0 Å². The van der Waals surface area contributed by atoms with Gasteiger partial charge in [0.1, 0.15) is 45.5 Å². The fourth-order valence-electron chi connectivity index (χ4n) is 11.2. The van der Waals surface area contributed by atoms with Gasteiger partial charge in [-0.25, -0.2) is 48.1 Å². The van der Waals surface area contributed by atoms with Crippen LogP contribution in [0.1, 0.15) is 143 Å². The van der Waals surface area contributed by atoms with E-state index in [1.54, 1.807) is 74.5 Å². The van der Waals surface area contributed by atoms with Gasteiger partial charge in [-0.2, -0.15) is 0 Å². The molecule has 4 amide bonds. The molecule has 0 spiro atoms. The molecule has 0 fully saturated rings. The van der Waals surface area contributed by atoms with Crippen molar-refractivity contribution in [3.8, 4) is 0 Å². The zero-order valence-corrected chi connectivity index (χ0v) is 47.5. The van der Waals surface area contributed by atoms with E-state index in [4.69, 9.17) is 11.5 Å². The number of nitrogens with one attached hydrogen (secondary N) is 8. The summed E-state index contributed by atoms with van der Waals surface area (Å²) in [6, 6.07) is 22.2. The molecule has 0 saturated heterocycles. The van der Waals surface area contributed by atoms with Gasteiger partial charge in [-0.15, -0.1) is 10.2 Å². The molecule has 0 unspecified atom stereocenters. The number of carboxylic acid groups (broad SMARTS) is 2. The molecule has 10 aromatic rings. The van der Waals surface area contributed by atoms with Crippen molar-refractivity contribution in [3.63, 3.8) is 0 Å². The highest BCUT2D eigenvalue weighted by Crippen LogP contribution is 2.36. The average Bonchev–Trinajstić information content (AvgIpc) is 1.80. The summed E-state index contributed by atoms with van der Waals surface area (Å²) in [5, 5.41) is 48.0. The maximum absolute atomic E-state index is 13.5. The SMILES string of the molecule is Cc1c(C(=O)O)ccc2c1CC[C@@H]2NC(=O)c1cc(C(=O)NCc2cccc(CNc3c(N)c(=O)c3=O)c2)n2c(=O)[nH]nc2n1.Cc1c(C(=O)O)ccc2c1CC[C@@H]2NC(=O)c1cc(C(=O)NCc2cccc(CNc3c(N)c(=O)c3=O)c2)nc2n[nH]c(=O)n12. The molecule has 456 valence electrons. The third kappa shape index (κ3) is 11.3. The number of nitrogens with zero attached hydrogens (tertiary/aromatic N) is 6. The van der Waals surface area contributed by atoms with Crippen LogP contribution in [0.5, 0.6) is 0 Å². The van der Waals surface area contributed by atoms with E-state index in [2.05, 4.69) is 62.3 Å². The minimum absolute atomic E-state index is 0.0589. The molecule has 2 aliphatic carbocycles. The number of hydrogen-bond acceptors (Lipinski definition) is 20. The molecule has 14 N–H and O–H groups in total. The van der Waals surface area contributed by atoms with E-state index >= 15 is 0 Å². The Labute approximate surface area is 503 Å². The summed E-state index contributed by atoms with van der Waals surface area (Å²) in [5.74, 6) is -4.90. The van der Waals surface area contributed by atoms with Crippen molar-refractivity contribution in [1.29, 1.82) is 0 Å². The normalized spacial score (nSPS) is 13.9. The third-order valence-electron chi connectivity index (χ3n) is 15.9. The monoisotopic (exact) mass is 1220 g/mol. The summed E-state index contributed by atoms with van der Waals surface area (Å²) >= 11 is 0. The Morgan fingerprint density at radius 1 is 0.522 bits per heavy atom. The number of fused-ring (bicyclic) bond motifs is 4. The topological polar surface area (TPSA) is 461 Å². The summed E-state index contributed by atoms with van der Waals surface area (Å²) < 4.78 is 1.93. The molecule has 0 aliphatic heterocycles. The van der Waals surface area contributed by atoms with Crippen LogP contribution in [0.4, 0.5) is 22.7 Å². The van der Waals surface area contributed by atoms with Crippen LogP contribution in [0.15, 0.2) is 114 Å². The maximum atomic E-state index is 13.5.